The number of anilines is 3. The minimum atomic E-state index is -4.65. The van der Waals surface area contributed by atoms with Gasteiger partial charge in [0.15, 0.2) is 5.69 Å². The van der Waals surface area contributed by atoms with Crippen LogP contribution in [0.2, 0.25) is 0 Å². The Morgan fingerprint density at radius 2 is 1.93 bits per heavy atom. The highest BCUT2D eigenvalue weighted by Gasteiger charge is 2.40. The van der Waals surface area contributed by atoms with E-state index >= 15 is 0 Å². The largest absolute Gasteiger partial charge is 0.443 e. The second-order valence-electron chi connectivity index (χ2n) is 9.45. The topological polar surface area (TPSA) is 118 Å². The lowest BCUT2D eigenvalue weighted by molar-refractivity contribution is -0.137. The van der Waals surface area contributed by atoms with Gasteiger partial charge >= 0.3 is 12.2 Å². The number of aliphatic imine (C=N–C) groups is 1. The number of thiazole rings is 1. The van der Waals surface area contributed by atoms with Gasteiger partial charge in [-0.25, -0.2) is 9.98 Å². The van der Waals surface area contributed by atoms with Crippen LogP contribution in [0.5, 0.6) is 0 Å². The number of hydrogen-bond donors (Lipinski definition) is 2. The van der Waals surface area contributed by atoms with Crippen molar-refractivity contribution in [3.63, 3.8) is 0 Å². The van der Waals surface area contributed by atoms with Crippen molar-refractivity contribution in [1.29, 1.82) is 0 Å². The monoisotopic (exact) mass is 583 g/mol. The highest BCUT2D eigenvalue weighted by atomic mass is 32.1. The van der Waals surface area contributed by atoms with E-state index in [0.717, 1.165) is 24.0 Å². The molecule has 6 rings (SSSR count). The molecule has 0 unspecified atom stereocenters. The van der Waals surface area contributed by atoms with Crippen molar-refractivity contribution in [2.75, 3.05) is 35.8 Å². The number of methoxy groups -OCH3 is 1. The molecule has 2 N–H and O–H groups in total. The van der Waals surface area contributed by atoms with Gasteiger partial charge in [-0.3, -0.25) is 4.79 Å². The maximum atomic E-state index is 13.7. The fourth-order valence-electron chi connectivity index (χ4n) is 4.91. The number of rotatable bonds is 7. The van der Waals surface area contributed by atoms with Crippen molar-refractivity contribution in [2.45, 2.75) is 31.2 Å². The Bertz CT molecular complexity index is 1590. The van der Waals surface area contributed by atoms with E-state index in [9.17, 15) is 18.0 Å². The summed E-state index contributed by atoms with van der Waals surface area (Å²) in [5, 5.41) is 12.9. The summed E-state index contributed by atoms with van der Waals surface area (Å²) in [4.78, 5) is 23.5. The molecule has 41 heavy (non-hydrogen) atoms. The number of para-hydroxylation sites is 1. The van der Waals surface area contributed by atoms with Crippen LogP contribution in [0.1, 0.15) is 29.0 Å². The first kappa shape index (κ1) is 26.9. The van der Waals surface area contributed by atoms with Gasteiger partial charge in [-0.1, -0.05) is 65.0 Å². The van der Waals surface area contributed by atoms with E-state index in [1.807, 2.05) is 47.4 Å². The first-order valence-corrected chi connectivity index (χ1v) is 13.6. The molecule has 212 valence electrons. The molecule has 4 heterocycles. The maximum absolute atomic E-state index is 13.7. The van der Waals surface area contributed by atoms with Gasteiger partial charge in [-0.2, -0.15) is 13.2 Å². The molecule has 2 aromatic heterocycles. The molecule has 2 atom stereocenters. The number of halogens is 3. The number of alkyl halides is 3. The zero-order chi connectivity index (χ0) is 28.6. The first-order valence-electron chi connectivity index (χ1n) is 12.8. The molecule has 1 amide bonds. The molecule has 10 nitrogen and oxygen atoms in total. The molecule has 1 saturated heterocycles. The summed E-state index contributed by atoms with van der Waals surface area (Å²) < 4.78 is 52.1. The number of aromatic nitrogens is 3. The zero-order valence-corrected chi connectivity index (χ0v) is 22.5. The summed E-state index contributed by atoms with van der Waals surface area (Å²) in [6.07, 6.45) is -4.25. The molecular formula is C27H24F3N7O3S. The van der Waals surface area contributed by atoms with Gasteiger partial charge in [0.05, 0.1) is 24.0 Å². The van der Waals surface area contributed by atoms with Crippen molar-refractivity contribution >= 4 is 39.7 Å². The van der Waals surface area contributed by atoms with E-state index in [4.69, 9.17) is 9.15 Å². The van der Waals surface area contributed by atoms with Crippen molar-refractivity contribution in [1.82, 2.24) is 15.2 Å². The van der Waals surface area contributed by atoms with E-state index in [2.05, 4.69) is 30.8 Å². The zero-order valence-electron chi connectivity index (χ0n) is 21.7. The van der Waals surface area contributed by atoms with Crippen LogP contribution in [0, 0.1) is 0 Å². The number of benzene rings is 2. The molecule has 2 aliphatic rings. The third kappa shape index (κ3) is 5.39. The van der Waals surface area contributed by atoms with Crippen LogP contribution in [0.4, 0.5) is 29.9 Å². The Hall–Kier alpha value is -4.30. The molecule has 0 saturated carbocycles. The number of hydrogen-bond acceptors (Lipinski definition) is 10. The molecule has 1 fully saturated rings. The van der Waals surface area contributed by atoms with Gasteiger partial charge in [0.25, 0.3) is 11.8 Å². The van der Waals surface area contributed by atoms with Gasteiger partial charge in [-0.05, 0) is 18.9 Å². The van der Waals surface area contributed by atoms with Crippen LogP contribution in [0.15, 0.2) is 64.0 Å². The SMILES string of the molecule is COC[C@H]1CCCN1c1sc(C(F)(F)F)nc1-c1nnc(N[C@H]2N=C(c3ccccc3)c3ccccc3NC2=O)o1. The second kappa shape index (κ2) is 10.9. The fourth-order valence-corrected chi connectivity index (χ4v) is 5.93. The molecule has 0 radical (unpaired) electrons. The molecule has 2 aromatic carbocycles. The molecule has 14 heteroatoms. The predicted molar refractivity (Wildman–Crippen MR) is 147 cm³/mol. The van der Waals surface area contributed by atoms with Crippen molar-refractivity contribution < 1.29 is 27.1 Å². The highest BCUT2D eigenvalue weighted by Crippen LogP contribution is 2.44. The first-order chi connectivity index (χ1) is 19.8. The van der Waals surface area contributed by atoms with Crippen LogP contribution in [0.25, 0.3) is 11.6 Å². The van der Waals surface area contributed by atoms with Gasteiger partial charge in [-0.15, -0.1) is 5.10 Å². The smallest absolute Gasteiger partial charge is 0.402 e. The minimum absolute atomic E-state index is 0.0722. The number of ether oxygens (including phenoxy) is 1. The molecule has 0 aliphatic carbocycles. The Kier molecular flexibility index (Phi) is 7.17. The Labute approximate surface area is 236 Å². The summed E-state index contributed by atoms with van der Waals surface area (Å²) in [6.45, 7) is 0.899. The fraction of sp³-hybridized carbons (Fsp3) is 0.296. The lowest BCUT2D eigenvalue weighted by atomic mass is 10.0. The number of fused-ring (bicyclic) bond motifs is 1. The standard InChI is InChI=1S/C27H24F3N7O3S/c1-39-14-16-10-7-13-37(16)24-20(33-25(41-24)27(28,29)30)23-35-36-26(40-23)34-21-22(38)31-18-12-6-5-11-17(18)19(32-21)15-8-3-2-4-9-15/h2-6,8-9,11-12,16,21H,7,10,13-14H2,1H3,(H,31,38)(H,34,36)/t16-,21-/m1/s1. The Morgan fingerprint density at radius 3 is 2.71 bits per heavy atom. The van der Waals surface area contributed by atoms with Crippen molar-refractivity contribution in [3.05, 3.63) is 70.7 Å². The molecule has 0 bridgehead atoms. The molecule has 4 aromatic rings. The van der Waals surface area contributed by atoms with Crippen LogP contribution < -0.4 is 15.5 Å². The van der Waals surface area contributed by atoms with E-state index in [1.54, 1.807) is 19.2 Å². The van der Waals surface area contributed by atoms with Crippen molar-refractivity contribution in [2.24, 2.45) is 4.99 Å². The van der Waals surface area contributed by atoms with Gasteiger partial charge in [0.1, 0.15) is 5.00 Å². The third-order valence-corrected chi connectivity index (χ3v) is 7.87. The molecule has 0 spiro atoms. The average molecular weight is 584 g/mol. The van der Waals surface area contributed by atoms with Gasteiger partial charge < -0.3 is 24.7 Å². The van der Waals surface area contributed by atoms with Crippen LogP contribution in [0.3, 0.4) is 0 Å². The maximum Gasteiger partial charge on any atom is 0.443 e. The predicted octanol–water partition coefficient (Wildman–Crippen LogP) is 5.05. The van der Waals surface area contributed by atoms with E-state index in [1.165, 1.54) is 0 Å². The number of nitrogens with zero attached hydrogens (tertiary/aromatic N) is 5. The quantitative estimate of drug-likeness (QED) is 0.310. The number of amides is 1. The van der Waals surface area contributed by atoms with Gasteiger partial charge in [0.2, 0.25) is 11.2 Å². The van der Waals surface area contributed by atoms with Gasteiger partial charge in [0, 0.05) is 24.8 Å². The number of nitrogens with one attached hydrogen (secondary N) is 2. The van der Waals surface area contributed by atoms with E-state index < -0.39 is 23.3 Å². The lowest BCUT2D eigenvalue weighted by Gasteiger charge is -2.24. The number of benzodiazepines with no additional fused rings is 1. The van der Waals surface area contributed by atoms with Crippen LogP contribution >= 0.6 is 11.3 Å². The minimum Gasteiger partial charge on any atom is -0.402 e. The molecular weight excluding hydrogens is 559 g/mol. The summed E-state index contributed by atoms with van der Waals surface area (Å²) in [7, 11) is 1.55. The number of carbonyl (C=O) groups excluding carboxylic acids is 1. The molecule has 2 aliphatic heterocycles. The Morgan fingerprint density at radius 1 is 1.15 bits per heavy atom. The van der Waals surface area contributed by atoms with E-state index in [-0.39, 0.29) is 28.6 Å². The second-order valence-corrected chi connectivity index (χ2v) is 10.4. The highest BCUT2D eigenvalue weighted by molar-refractivity contribution is 7.16. The van der Waals surface area contributed by atoms with Crippen LogP contribution in [-0.2, 0) is 15.7 Å². The van der Waals surface area contributed by atoms with Crippen molar-refractivity contribution in [3.8, 4) is 11.6 Å². The van der Waals surface area contributed by atoms with Crippen LogP contribution in [-0.4, -0.2) is 59.3 Å². The third-order valence-electron chi connectivity index (χ3n) is 6.73. The summed E-state index contributed by atoms with van der Waals surface area (Å²) >= 11 is 0.527. The average Bonchev–Trinajstić information content (AvgIpc) is 3.70. The summed E-state index contributed by atoms with van der Waals surface area (Å²) in [5.41, 5.74) is 2.59. The number of carbonyl (C=O) groups is 1. The van der Waals surface area contributed by atoms with E-state index in [0.29, 0.717) is 35.9 Å². The Balaban J connectivity index is 1.34. The normalized spacial score (nSPS) is 19.0. The lowest BCUT2D eigenvalue weighted by Crippen LogP contribution is -2.32. The summed E-state index contributed by atoms with van der Waals surface area (Å²) in [6, 6.07) is 16.3. The summed E-state index contributed by atoms with van der Waals surface area (Å²) in [5.74, 6) is -0.682.